The van der Waals surface area contributed by atoms with E-state index in [0.717, 1.165) is 0 Å². The Labute approximate surface area is 253 Å². The van der Waals surface area contributed by atoms with Gasteiger partial charge in [0.15, 0.2) is 6.10 Å². The standard InChI is InChI=1S/C30H38F3N5O6/c1-17(2)24(38-27(42)20-12-8-5-9-13-20)29(44)37-22(16-19-10-6-4-7-11-19)28(43)35-18(3)26(41)36-21(14-15-23(34)39)25(40)30(31,32)33/h4-13,17-18,21-22,24-25,40H,14-16H2,1-3H3,(H2,34,39)(H,35,43)(H,36,41)(H,37,44)(H,38,42)/t18-,21?,22-,24-,25?/m0/s1. The normalized spacial score (nSPS) is 14.8. The molecule has 0 radical (unpaired) electrons. The molecule has 0 fully saturated rings. The summed E-state index contributed by atoms with van der Waals surface area (Å²) >= 11 is 0. The van der Waals surface area contributed by atoms with Gasteiger partial charge in [-0.1, -0.05) is 62.4 Å². The van der Waals surface area contributed by atoms with Crippen LogP contribution in [0.3, 0.4) is 0 Å². The Morgan fingerprint density at radius 2 is 1.36 bits per heavy atom. The molecule has 0 saturated carbocycles. The zero-order valence-corrected chi connectivity index (χ0v) is 24.6. The fourth-order valence-corrected chi connectivity index (χ4v) is 4.19. The molecule has 0 bridgehead atoms. The number of aliphatic hydroxyl groups excluding tert-OH is 1. The van der Waals surface area contributed by atoms with E-state index in [9.17, 15) is 42.3 Å². The number of carbonyl (C=O) groups is 5. The lowest BCUT2D eigenvalue weighted by Crippen LogP contribution is -2.59. The van der Waals surface area contributed by atoms with Crippen molar-refractivity contribution >= 4 is 29.5 Å². The molecule has 44 heavy (non-hydrogen) atoms. The molecule has 2 aromatic rings. The van der Waals surface area contributed by atoms with E-state index in [1.807, 2.05) is 5.32 Å². The van der Waals surface area contributed by atoms with E-state index >= 15 is 0 Å². The molecule has 0 heterocycles. The second kappa shape index (κ2) is 16.4. The number of halogens is 3. The molecule has 0 aliphatic heterocycles. The van der Waals surface area contributed by atoms with E-state index in [-0.39, 0.29) is 12.3 Å². The van der Waals surface area contributed by atoms with Crippen molar-refractivity contribution in [2.24, 2.45) is 11.7 Å². The third-order valence-electron chi connectivity index (χ3n) is 6.69. The molecule has 7 N–H and O–H groups in total. The number of aliphatic hydroxyl groups is 1. The number of primary amides is 1. The predicted octanol–water partition coefficient (Wildman–Crippen LogP) is 1.35. The molecule has 5 atom stereocenters. The SMILES string of the molecule is CC(C)[C@H](NC(=O)c1ccccc1)C(=O)N[C@@H](Cc1ccccc1)C(=O)N[C@@H](C)C(=O)NC(CCC(N)=O)C(O)C(F)(F)F. The molecule has 5 amide bonds. The Bertz CT molecular complexity index is 1280. The van der Waals surface area contributed by atoms with Crippen LogP contribution in [-0.4, -0.2) is 71.1 Å². The maximum atomic E-state index is 13.4. The Balaban J connectivity index is 2.20. The molecule has 0 aromatic heterocycles. The molecule has 0 saturated heterocycles. The topological polar surface area (TPSA) is 180 Å². The zero-order valence-electron chi connectivity index (χ0n) is 24.6. The summed E-state index contributed by atoms with van der Waals surface area (Å²) < 4.78 is 39.5. The lowest BCUT2D eigenvalue weighted by molar-refractivity contribution is -0.212. The van der Waals surface area contributed by atoms with Gasteiger partial charge in [-0.3, -0.25) is 24.0 Å². The second-order valence-corrected chi connectivity index (χ2v) is 10.6. The highest BCUT2D eigenvalue weighted by Gasteiger charge is 2.44. The van der Waals surface area contributed by atoms with Gasteiger partial charge in [0.1, 0.15) is 18.1 Å². The largest absolute Gasteiger partial charge is 0.416 e. The first-order chi connectivity index (χ1) is 20.6. The minimum atomic E-state index is -5.10. The number of nitrogens with two attached hydrogens (primary N) is 1. The minimum absolute atomic E-state index is 0.0157. The lowest BCUT2D eigenvalue weighted by Gasteiger charge is -2.28. The van der Waals surface area contributed by atoms with Crippen molar-refractivity contribution in [3.63, 3.8) is 0 Å². The van der Waals surface area contributed by atoms with Gasteiger partial charge < -0.3 is 32.1 Å². The molecule has 0 aliphatic carbocycles. The van der Waals surface area contributed by atoms with Crippen molar-refractivity contribution in [2.45, 2.75) is 76.5 Å². The van der Waals surface area contributed by atoms with Crippen molar-refractivity contribution < 1.29 is 42.3 Å². The summed E-state index contributed by atoms with van der Waals surface area (Å²) in [4.78, 5) is 63.3. The van der Waals surface area contributed by atoms with Gasteiger partial charge in [-0.25, -0.2) is 0 Å². The van der Waals surface area contributed by atoms with Crippen LogP contribution >= 0.6 is 0 Å². The van der Waals surface area contributed by atoms with Gasteiger partial charge in [0.2, 0.25) is 23.6 Å². The van der Waals surface area contributed by atoms with Crippen LogP contribution in [0.2, 0.25) is 0 Å². The Kier molecular flexibility index (Phi) is 13.3. The van der Waals surface area contributed by atoms with Gasteiger partial charge in [0.05, 0.1) is 6.04 Å². The summed E-state index contributed by atoms with van der Waals surface area (Å²) in [5.41, 5.74) is 5.99. The third kappa shape index (κ3) is 11.3. The average molecular weight is 622 g/mol. The monoisotopic (exact) mass is 621 g/mol. The molecular weight excluding hydrogens is 583 g/mol. The summed E-state index contributed by atoms with van der Waals surface area (Å²) in [6.45, 7) is 4.62. The van der Waals surface area contributed by atoms with E-state index in [2.05, 4.69) is 16.0 Å². The Morgan fingerprint density at radius 1 is 0.795 bits per heavy atom. The van der Waals surface area contributed by atoms with E-state index < -0.39 is 78.8 Å². The van der Waals surface area contributed by atoms with Crippen LogP contribution in [0, 0.1) is 5.92 Å². The molecular formula is C30H38F3N5O6. The molecule has 2 rings (SSSR count). The second-order valence-electron chi connectivity index (χ2n) is 10.6. The first-order valence-electron chi connectivity index (χ1n) is 13.9. The van der Waals surface area contributed by atoms with Crippen molar-refractivity contribution in [3.8, 4) is 0 Å². The summed E-state index contributed by atoms with van der Waals surface area (Å²) in [5, 5.41) is 19.4. The molecule has 14 heteroatoms. The maximum absolute atomic E-state index is 13.4. The van der Waals surface area contributed by atoms with E-state index in [1.165, 1.54) is 6.92 Å². The van der Waals surface area contributed by atoms with Gasteiger partial charge in [-0.05, 0) is 37.0 Å². The van der Waals surface area contributed by atoms with Gasteiger partial charge >= 0.3 is 6.18 Å². The first kappa shape index (κ1) is 35.7. The number of nitrogens with one attached hydrogen (secondary N) is 4. The van der Waals surface area contributed by atoms with Crippen LogP contribution < -0.4 is 27.0 Å². The quantitative estimate of drug-likeness (QED) is 0.175. The zero-order chi connectivity index (χ0) is 33.0. The van der Waals surface area contributed by atoms with Gasteiger partial charge in [-0.2, -0.15) is 13.2 Å². The Hall–Kier alpha value is -4.46. The molecule has 11 nitrogen and oxygen atoms in total. The number of amides is 5. The molecule has 0 spiro atoms. The fraction of sp³-hybridized carbons (Fsp3) is 0.433. The van der Waals surface area contributed by atoms with Crippen LogP contribution in [0.1, 0.15) is 49.5 Å². The molecule has 240 valence electrons. The van der Waals surface area contributed by atoms with Crippen LogP contribution in [0.5, 0.6) is 0 Å². The third-order valence-corrected chi connectivity index (χ3v) is 6.69. The number of hydrogen-bond donors (Lipinski definition) is 6. The van der Waals surface area contributed by atoms with Gasteiger partial charge in [0.25, 0.3) is 5.91 Å². The molecule has 2 unspecified atom stereocenters. The summed E-state index contributed by atoms with van der Waals surface area (Å²) in [5.74, 6) is -4.38. The Morgan fingerprint density at radius 3 is 1.89 bits per heavy atom. The predicted molar refractivity (Wildman–Crippen MR) is 155 cm³/mol. The minimum Gasteiger partial charge on any atom is -0.382 e. The molecule has 2 aromatic carbocycles. The van der Waals surface area contributed by atoms with Gasteiger partial charge in [0, 0.05) is 18.4 Å². The van der Waals surface area contributed by atoms with Crippen molar-refractivity contribution in [2.75, 3.05) is 0 Å². The molecule has 0 aliphatic rings. The van der Waals surface area contributed by atoms with Crippen molar-refractivity contribution in [1.29, 1.82) is 0 Å². The smallest absolute Gasteiger partial charge is 0.382 e. The first-order valence-corrected chi connectivity index (χ1v) is 13.9. The number of hydrogen-bond acceptors (Lipinski definition) is 6. The lowest BCUT2D eigenvalue weighted by atomic mass is 10.00. The number of alkyl halides is 3. The van der Waals surface area contributed by atoms with E-state index in [0.29, 0.717) is 11.1 Å². The van der Waals surface area contributed by atoms with Crippen molar-refractivity contribution in [1.82, 2.24) is 21.3 Å². The van der Waals surface area contributed by atoms with E-state index in [4.69, 9.17) is 5.73 Å². The number of benzene rings is 2. The van der Waals surface area contributed by atoms with Crippen LogP contribution in [-0.2, 0) is 25.6 Å². The van der Waals surface area contributed by atoms with Crippen LogP contribution in [0.15, 0.2) is 60.7 Å². The number of carbonyl (C=O) groups excluding carboxylic acids is 5. The van der Waals surface area contributed by atoms with Crippen LogP contribution in [0.25, 0.3) is 0 Å². The summed E-state index contributed by atoms with van der Waals surface area (Å²) in [6, 6.07) is 11.2. The number of rotatable bonds is 15. The maximum Gasteiger partial charge on any atom is 0.416 e. The highest BCUT2D eigenvalue weighted by atomic mass is 19.4. The van der Waals surface area contributed by atoms with E-state index in [1.54, 1.807) is 74.5 Å². The summed E-state index contributed by atoms with van der Waals surface area (Å²) in [6.07, 6.45) is -9.24. The van der Waals surface area contributed by atoms with Crippen LogP contribution in [0.4, 0.5) is 13.2 Å². The fourth-order valence-electron chi connectivity index (χ4n) is 4.19. The van der Waals surface area contributed by atoms with Crippen molar-refractivity contribution in [3.05, 3.63) is 71.8 Å². The average Bonchev–Trinajstić information content (AvgIpc) is 2.97. The highest BCUT2D eigenvalue weighted by molar-refractivity contribution is 5.98. The highest BCUT2D eigenvalue weighted by Crippen LogP contribution is 2.24. The summed E-state index contributed by atoms with van der Waals surface area (Å²) in [7, 11) is 0. The van der Waals surface area contributed by atoms with Gasteiger partial charge in [-0.15, -0.1) is 0 Å².